The van der Waals surface area contributed by atoms with Crippen LogP contribution >= 0.6 is 15.9 Å². The van der Waals surface area contributed by atoms with Crippen molar-refractivity contribution in [3.05, 3.63) is 28.2 Å². The first-order valence-electron chi connectivity index (χ1n) is 6.00. The summed E-state index contributed by atoms with van der Waals surface area (Å²) in [6, 6.07) is 3.71. The van der Waals surface area contributed by atoms with Crippen molar-refractivity contribution in [2.45, 2.75) is 18.9 Å². The molecule has 1 aliphatic rings. The molecule has 0 spiro atoms. The highest BCUT2D eigenvalue weighted by atomic mass is 79.9. The molecule has 1 aliphatic heterocycles. The quantitative estimate of drug-likeness (QED) is 0.787. The number of phenols is 1. The van der Waals surface area contributed by atoms with Crippen molar-refractivity contribution in [2.24, 2.45) is 0 Å². The lowest BCUT2D eigenvalue weighted by Gasteiger charge is -2.28. The third-order valence-corrected chi connectivity index (χ3v) is 3.65. The van der Waals surface area contributed by atoms with Crippen molar-refractivity contribution in [3.8, 4) is 5.75 Å². The molecule has 0 radical (unpaired) electrons. The number of likely N-dealkylation sites (N-methyl/N-ethyl adjacent to an activating group) is 1. The zero-order valence-electron chi connectivity index (χ0n) is 10.7. The number of likely N-dealkylation sites (tertiary alicyclic amines) is 1. The summed E-state index contributed by atoms with van der Waals surface area (Å²) in [5.41, 5.74) is 0.0757. The molecule has 1 aromatic carbocycles. The van der Waals surface area contributed by atoms with Crippen LogP contribution in [0.15, 0.2) is 22.7 Å². The number of nitrogens with one attached hydrogen (secondary N) is 1. The fraction of sp³-hybridized carbons (Fsp3) is 0.308. The second kappa shape index (κ2) is 5.62. The van der Waals surface area contributed by atoms with E-state index < -0.39 is 17.9 Å². The molecule has 1 atom stereocenters. The van der Waals surface area contributed by atoms with E-state index in [1.807, 2.05) is 0 Å². The number of carbonyl (C=O) groups is 3. The lowest BCUT2D eigenvalue weighted by atomic mass is 10.0. The van der Waals surface area contributed by atoms with E-state index in [4.69, 9.17) is 0 Å². The minimum atomic E-state index is -0.747. The Morgan fingerprint density at radius 2 is 2.15 bits per heavy atom. The van der Waals surface area contributed by atoms with E-state index in [1.165, 1.54) is 19.2 Å². The third kappa shape index (κ3) is 2.82. The Kier molecular flexibility index (Phi) is 4.08. The molecule has 6 nitrogen and oxygen atoms in total. The van der Waals surface area contributed by atoms with Crippen molar-refractivity contribution in [1.82, 2.24) is 10.2 Å². The monoisotopic (exact) mass is 340 g/mol. The minimum absolute atomic E-state index is 0.0757. The number of rotatable bonds is 2. The molecule has 3 amide bonds. The zero-order chi connectivity index (χ0) is 14.9. The Morgan fingerprint density at radius 1 is 1.45 bits per heavy atom. The molecule has 2 rings (SSSR count). The average molecular weight is 341 g/mol. The number of hydrogen-bond acceptors (Lipinski definition) is 4. The van der Waals surface area contributed by atoms with Gasteiger partial charge in [-0.3, -0.25) is 19.3 Å². The summed E-state index contributed by atoms with van der Waals surface area (Å²) in [4.78, 5) is 36.3. The molecule has 2 N–H and O–H groups in total. The van der Waals surface area contributed by atoms with E-state index in [9.17, 15) is 19.5 Å². The summed E-state index contributed by atoms with van der Waals surface area (Å²) in [5, 5.41) is 12.2. The number of phenolic OH excluding ortho intramolecular Hbond substituents is 1. The van der Waals surface area contributed by atoms with Gasteiger partial charge in [-0.05, 0) is 24.6 Å². The van der Waals surface area contributed by atoms with Crippen molar-refractivity contribution < 1.29 is 19.5 Å². The Labute approximate surface area is 123 Å². The molecular weight excluding hydrogens is 328 g/mol. The van der Waals surface area contributed by atoms with Crippen LogP contribution in [-0.2, 0) is 9.59 Å². The second-order valence-corrected chi connectivity index (χ2v) is 5.43. The summed E-state index contributed by atoms with van der Waals surface area (Å²) in [7, 11) is 1.39. The van der Waals surface area contributed by atoms with E-state index in [2.05, 4.69) is 21.2 Å². The molecule has 106 valence electrons. The number of piperidine rings is 1. The van der Waals surface area contributed by atoms with Crippen LogP contribution in [0.1, 0.15) is 23.2 Å². The van der Waals surface area contributed by atoms with Crippen LogP contribution in [0, 0.1) is 0 Å². The molecule has 1 unspecified atom stereocenters. The van der Waals surface area contributed by atoms with Gasteiger partial charge in [0.1, 0.15) is 11.8 Å². The van der Waals surface area contributed by atoms with Crippen LogP contribution in [0.3, 0.4) is 0 Å². The van der Waals surface area contributed by atoms with Crippen molar-refractivity contribution in [1.29, 1.82) is 0 Å². The van der Waals surface area contributed by atoms with E-state index in [1.54, 1.807) is 6.07 Å². The molecule has 0 saturated carbocycles. The molecule has 7 heteroatoms. The van der Waals surface area contributed by atoms with Gasteiger partial charge in [-0.1, -0.05) is 15.9 Å². The van der Waals surface area contributed by atoms with E-state index >= 15 is 0 Å². The Hall–Kier alpha value is -1.89. The summed E-state index contributed by atoms with van der Waals surface area (Å²) in [6.07, 6.45) is 0.472. The predicted molar refractivity (Wildman–Crippen MR) is 74.1 cm³/mol. The van der Waals surface area contributed by atoms with Crippen LogP contribution in [0.25, 0.3) is 0 Å². The standard InChI is InChI=1S/C13H13BrN2O4/c1-16-11(18)5-3-9(13(16)20)15-12(19)8-6-7(14)2-4-10(8)17/h2,4,6,9,17H,3,5H2,1H3,(H,15,19). The van der Waals surface area contributed by atoms with Gasteiger partial charge in [-0.15, -0.1) is 0 Å². The van der Waals surface area contributed by atoms with Crippen LogP contribution in [0.4, 0.5) is 0 Å². The van der Waals surface area contributed by atoms with E-state index in [-0.39, 0.29) is 30.1 Å². The van der Waals surface area contributed by atoms with E-state index in [0.717, 1.165) is 4.90 Å². The molecule has 0 bridgehead atoms. The van der Waals surface area contributed by atoms with Gasteiger partial charge >= 0.3 is 0 Å². The van der Waals surface area contributed by atoms with Crippen molar-refractivity contribution >= 4 is 33.7 Å². The largest absolute Gasteiger partial charge is 0.507 e. The molecular formula is C13H13BrN2O4. The number of aromatic hydroxyl groups is 1. The van der Waals surface area contributed by atoms with Gasteiger partial charge in [0, 0.05) is 17.9 Å². The molecule has 1 saturated heterocycles. The summed E-state index contributed by atoms with van der Waals surface area (Å²) in [6.45, 7) is 0. The third-order valence-electron chi connectivity index (χ3n) is 3.16. The first-order valence-corrected chi connectivity index (χ1v) is 6.79. The number of nitrogens with zero attached hydrogens (tertiary/aromatic N) is 1. The van der Waals surface area contributed by atoms with Gasteiger partial charge in [0.25, 0.3) is 11.8 Å². The number of amides is 3. The topological polar surface area (TPSA) is 86.7 Å². The van der Waals surface area contributed by atoms with Gasteiger partial charge in [-0.25, -0.2) is 0 Å². The average Bonchev–Trinajstić information content (AvgIpc) is 2.42. The number of halogens is 1. The normalized spacial score (nSPS) is 19.1. The predicted octanol–water partition coefficient (Wildman–Crippen LogP) is 1.03. The smallest absolute Gasteiger partial charge is 0.255 e. The van der Waals surface area contributed by atoms with Crippen LogP contribution in [0.5, 0.6) is 5.75 Å². The van der Waals surface area contributed by atoms with Crippen molar-refractivity contribution in [3.63, 3.8) is 0 Å². The number of benzene rings is 1. The highest BCUT2D eigenvalue weighted by molar-refractivity contribution is 9.10. The molecule has 0 aliphatic carbocycles. The molecule has 1 heterocycles. The summed E-state index contributed by atoms with van der Waals surface area (Å²) < 4.78 is 0.641. The van der Waals surface area contributed by atoms with Gasteiger partial charge < -0.3 is 10.4 Å². The summed E-state index contributed by atoms with van der Waals surface area (Å²) in [5.74, 6) is -1.42. The Balaban J connectivity index is 2.14. The fourth-order valence-corrected chi connectivity index (χ4v) is 2.34. The lowest BCUT2D eigenvalue weighted by Crippen LogP contribution is -2.52. The molecule has 1 fully saturated rings. The SMILES string of the molecule is CN1C(=O)CCC(NC(=O)c2cc(Br)ccc2O)C1=O. The lowest BCUT2D eigenvalue weighted by molar-refractivity contribution is -0.147. The van der Waals surface area contributed by atoms with Crippen LogP contribution in [-0.4, -0.2) is 40.8 Å². The van der Waals surface area contributed by atoms with Crippen molar-refractivity contribution in [2.75, 3.05) is 7.05 Å². The fourth-order valence-electron chi connectivity index (χ4n) is 1.98. The van der Waals surface area contributed by atoms with E-state index in [0.29, 0.717) is 4.47 Å². The molecule has 20 heavy (non-hydrogen) atoms. The summed E-state index contributed by atoms with van der Waals surface area (Å²) >= 11 is 3.21. The zero-order valence-corrected chi connectivity index (χ0v) is 12.3. The maximum absolute atomic E-state index is 12.1. The van der Waals surface area contributed by atoms with Crippen LogP contribution in [0.2, 0.25) is 0 Å². The second-order valence-electron chi connectivity index (χ2n) is 4.52. The number of carbonyl (C=O) groups excluding carboxylic acids is 3. The molecule has 0 aromatic heterocycles. The first kappa shape index (κ1) is 14.5. The van der Waals surface area contributed by atoms with Crippen LogP contribution < -0.4 is 5.32 Å². The number of imide groups is 1. The van der Waals surface area contributed by atoms with Gasteiger partial charge in [0.05, 0.1) is 5.56 Å². The van der Waals surface area contributed by atoms with Gasteiger partial charge in [-0.2, -0.15) is 0 Å². The Morgan fingerprint density at radius 3 is 2.85 bits per heavy atom. The van der Waals surface area contributed by atoms with Gasteiger partial charge in [0.2, 0.25) is 5.91 Å². The van der Waals surface area contributed by atoms with Gasteiger partial charge in [0.15, 0.2) is 0 Å². The highest BCUT2D eigenvalue weighted by Gasteiger charge is 2.33. The maximum Gasteiger partial charge on any atom is 0.255 e. The number of hydrogen-bond donors (Lipinski definition) is 2. The maximum atomic E-state index is 12.1. The Bertz CT molecular complexity index is 588. The molecule has 1 aromatic rings. The highest BCUT2D eigenvalue weighted by Crippen LogP contribution is 2.22. The first-order chi connectivity index (χ1) is 9.40. The minimum Gasteiger partial charge on any atom is -0.507 e.